The van der Waals surface area contributed by atoms with E-state index < -0.39 is 0 Å². The summed E-state index contributed by atoms with van der Waals surface area (Å²) in [6, 6.07) is 25.5. The summed E-state index contributed by atoms with van der Waals surface area (Å²) in [6.07, 6.45) is 0. The monoisotopic (exact) mass is 425 g/mol. The van der Waals surface area contributed by atoms with Crippen LogP contribution >= 0.6 is 34.5 Å². The van der Waals surface area contributed by atoms with Gasteiger partial charge in [-0.1, -0.05) is 89.9 Å². The molecule has 0 atom stereocenters. The van der Waals surface area contributed by atoms with Crippen LogP contribution in [0.2, 0.25) is 10.0 Å². The van der Waals surface area contributed by atoms with E-state index in [0.717, 1.165) is 21.2 Å². The highest BCUT2D eigenvalue weighted by Gasteiger charge is 2.23. The van der Waals surface area contributed by atoms with Gasteiger partial charge in [-0.05, 0) is 23.3 Å². The van der Waals surface area contributed by atoms with E-state index in [1.54, 1.807) is 6.07 Å². The average Bonchev–Trinajstić information content (AvgIpc) is 3.04. The van der Waals surface area contributed by atoms with Crippen LogP contribution in [-0.4, -0.2) is 10.8 Å². The molecule has 2 nitrogen and oxygen atoms in total. The summed E-state index contributed by atoms with van der Waals surface area (Å²) in [6.45, 7) is 1.03. The van der Waals surface area contributed by atoms with Crippen molar-refractivity contribution in [2.24, 2.45) is 0 Å². The summed E-state index contributed by atoms with van der Waals surface area (Å²) >= 11 is 14.1. The van der Waals surface area contributed by atoms with Gasteiger partial charge in [0.25, 0.3) is 5.91 Å². The van der Waals surface area contributed by atoms with Crippen molar-refractivity contribution in [3.63, 3.8) is 0 Å². The van der Waals surface area contributed by atoms with Crippen LogP contribution in [0, 0.1) is 0 Å². The van der Waals surface area contributed by atoms with Crippen molar-refractivity contribution in [3.05, 3.63) is 105 Å². The summed E-state index contributed by atoms with van der Waals surface area (Å²) in [7, 11) is 0. The maximum atomic E-state index is 13.4. The van der Waals surface area contributed by atoms with Gasteiger partial charge in [-0.25, -0.2) is 0 Å². The molecule has 0 saturated carbocycles. The van der Waals surface area contributed by atoms with Gasteiger partial charge in [0.05, 0.1) is 5.02 Å². The lowest BCUT2D eigenvalue weighted by molar-refractivity contribution is 0.0735. The van der Waals surface area contributed by atoms with Crippen LogP contribution in [0.4, 0.5) is 0 Å². The molecule has 0 unspecified atom stereocenters. The van der Waals surface area contributed by atoms with Crippen LogP contribution in [-0.2, 0) is 13.1 Å². The number of carbonyl (C=O) groups excluding carboxylic acids is 1. The first kappa shape index (κ1) is 19.0. The van der Waals surface area contributed by atoms with Crippen molar-refractivity contribution in [2.45, 2.75) is 13.1 Å². The molecular formula is C23H17Cl2NOS. The van der Waals surface area contributed by atoms with Crippen LogP contribution in [0.25, 0.3) is 10.1 Å². The molecule has 1 amide bonds. The molecule has 0 aliphatic carbocycles. The molecule has 0 N–H and O–H groups in total. The molecule has 0 saturated heterocycles. The Labute approximate surface area is 177 Å². The molecule has 0 aliphatic rings. The first-order valence-corrected chi connectivity index (χ1v) is 10.4. The van der Waals surface area contributed by atoms with Gasteiger partial charge in [0, 0.05) is 28.2 Å². The number of hydrogen-bond acceptors (Lipinski definition) is 2. The van der Waals surface area contributed by atoms with E-state index in [1.807, 2.05) is 77.7 Å². The summed E-state index contributed by atoms with van der Waals surface area (Å²) in [5.41, 5.74) is 2.15. The van der Waals surface area contributed by atoms with Crippen LogP contribution < -0.4 is 0 Å². The van der Waals surface area contributed by atoms with E-state index >= 15 is 0 Å². The Morgan fingerprint density at radius 1 is 0.821 bits per heavy atom. The smallest absolute Gasteiger partial charge is 0.266 e. The number of rotatable bonds is 5. The first-order chi connectivity index (χ1) is 13.6. The molecule has 0 aliphatic heterocycles. The second kappa shape index (κ2) is 8.36. The number of benzene rings is 3. The molecule has 5 heteroatoms. The van der Waals surface area contributed by atoms with Crippen molar-refractivity contribution in [3.8, 4) is 0 Å². The lowest BCUT2D eigenvalue weighted by atomic mass is 10.1. The van der Waals surface area contributed by atoms with Crippen LogP contribution in [0.3, 0.4) is 0 Å². The fraction of sp³-hybridized carbons (Fsp3) is 0.0870. The average molecular weight is 426 g/mol. The minimum absolute atomic E-state index is 0.0740. The predicted octanol–water partition coefficient (Wildman–Crippen LogP) is 7.05. The van der Waals surface area contributed by atoms with E-state index in [4.69, 9.17) is 23.2 Å². The van der Waals surface area contributed by atoms with Crippen LogP contribution in [0.1, 0.15) is 20.8 Å². The Balaban J connectivity index is 1.70. The first-order valence-electron chi connectivity index (χ1n) is 8.86. The normalized spacial score (nSPS) is 10.9. The van der Waals surface area contributed by atoms with E-state index in [1.165, 1.54) is 11.3 Å². The van der Waals surface area contributed by atoms with E-state index in [2.05, 4.69) is 0 Å². The Kier molecular flexibility index (Phi) is 5.67. The zero-order valence-corrected chi connectivity index (χ0v) is 17.3. The van der Waals surface area contributed by atoms with Gasteiger partial charge < -0.3 is 4.90 Å². The van der Waals surface area contributed by atoms with E-state index in [9.17, 15) is 4.79 Å². The zero-order valence-electron chi connectivity index (χ0n) is 14.9. The SMILES string of the molecule is O=C(c1sc2cc(Cl)ccc2c1Cl)N(Cc1ccccc1)Cc1ccccc1. The fourth-order valence-electron chi connectivity index (χ4n) is 3.13. The van der Waals surface area contributed by atoms with Gasteiger partial charge in [0.15, 0.2) is 0 Å². The number of nitrogens with zero attached hydrogens (tertiary/aromatic N) is 1. The van der Waals surface area contributed by atoms with Crippen molar-refractivity contribution < 1.29 is 4.79 Å². The maximum absolute atomic E-state index is 13.4. The molecule has 0 bridgehead atoms. The molecule has 0 fully saturated rings. The molecular weight excluding hydrogens is 409 g/mol. The quantitative estimate of drug-likeness (QED) is 0.335. The van der Waals surface area contributed by atoms with Crippen LogP contribution in [0.15, 0.2) is 78.9 Å². The molecule has 4 aromatic rings. The third kappa shape index (κ3) is 4.07. The molecule has 1 aromatic heterocycles. The molecule has 140 valence electrons. The summed E-state index contributed by atoms with van der Waals surface area (Å²) in [4.78, 5) is 15.8. The topological polar surface area (TPSA) is 20.3 Å². The molecule has 28 heavy (non-hydrogen) atoms. The van der Waals surface area contributed by atoms with Crippen LogP contribution in [0.5, 0.6) is 0 Å². The Morgan fingerprint density at radius 3 is 1.96 bits per heavy atom. The number of carbonyl (C=O) groups is 1. The molecule has 4 rings (SSSR count). The third-order valence-electron chi connectivity index (χ3n) is 4.51. The van der Waals surface area contributed by atoms with Gasteiger partial charge in [-0.15, -0.1) is 11.3 Å². The number of amides is 1. The van der Waals surface area contributed by atoms with E-state index in [0.29, 0.717) is 28.0 Å². The second-order valence-electron chi connectivity index (χ2n) is 6.52. The zero-order chi connectivity index (χ0) is 19.5. The van der Waals surface area contributed by atoms with Gasteiger partial charge >= 0.3 is 0 Å². The summed E-state index contributed by atoms with van der Waals surface area (Å²) in [5, 5.41) is 1.99. The predicted molar refractivity (Wildman–Crippen MR) is 118 cm³/mol. The van der Waals surface area contributed by atoms with Crippen molar-refractivity contribution in [1.82, 2.24) is 4.90 Å². The summed E-state index contributed by atoms with van der Waals surface area (Å²) in [5.74, 6) is -0.0740. The minimum atomic E-state index is -0.0740. The Hall–Kier alpha value is -2.33. The highest BCUT2D eigenvalue weighted by Crippen LogP contribution is 2.37. The highest BCUT2D eigenvalue weighted by atomic mass is 35.5. The largest absolute Gasteiger partial charge is 0.329 e. The standard InChI is InChI=1S/C23H17Cl2NOS/c24-18-11-12-19-20(13-18)28-22(21(19)25)23(27)26(14-16-7-3-1-4-8-16)15-17-9-5-2-6-10-17/h1-13H,14-15H2. The number of fused-ring (bicyclic) bond motifs is 1. The van der Waals surface area contributed by atoms with Crippen molar-refractivity contribution in [1.29, 1.82) is 0 Å². The van der Waals surface area contributed by atoms with Gasteiger partial charge in [0.1, 0.15) is 4.88 Å². The molecule has 0 radical (unpaired) electrons. The lowest BCUT2D eigenvalue weighted by Gasteiger charge is -2.23. The molecule has 3 aromatic carbocycles. The minimum Gasteiger partial charge on any atom is -0.329 e. The van der Waals surface area contributed by atoms with Gasteiger partial charge in [-0.3, -0.25) is 4.79 Å². The molecule has 0 spiro atoms. The maximum Gasteiger partial charge on any atom is 0.266 e. The summed E-state index contributed by atoms with van der Waals surface area (Å²) < 4.78 is 0.917. The number of thiophene rings is 1. The number of halogens is 2. The lowest BCUT2D eigenvalue weighted by Crippen LogP contribution is -2.29. The second-order valence-corrected chi connectivity index (χ2v) is 8.38. The van der Waals surface area contributed by atoms with Crippen molar-refractivity contribution in [2.75, 3.05) is 0 Å². The highest BCUT2D eigenvalue weighted by molar-refractivity contribution is 7.21. The Bertz CT molecular complexity index is 1070. The third-order valence-corrected chi connectivity index (χ3v) is 6.39. The van der Waals surface area contributed by atoms with Gasteiger partial charge in [-0.2, -0.15) is 0 Å². The van der Waals surface area contributed by atoms with Gasteiger partial charge in [0.2, 0.25) is 0 Å². The van der Waals surface area contributed by atoms with E-state index in [-0.39, 0.29) is 5.91 Å². The van der Waals surface area contributed by atoms with Crippen molar-refractivity contribution >= 4 is 50.5 Å². The number of hydrogen-bond donors (Lipinski definition) is 0. The fourth-order valence-corrected chi connectivity index (χ4v) is 4.88. The Morgan fingerprint density at radius 2 is 1.39 bits per heavy atom. The molecule has 1 heterocycles.